The first kappa shape index (κ1) is 17.7. The van der Waals surface area contributed by atoms with Crippen LogP contribution in [0.2, 0.25) is 0 Å². The Bertz CT molecular complexity index is 824. The van der Waals surface area contributed by atoms with Crippen molar-refractivity contribution in [2.75, 3.05) is 26.2 Å². The lowest BCUT2D eigenvalue weighted by atomic mass is 9.95. The molecule has 142 valence electrons. The molecule has 1 saturated heterocycles. The Morgan fingerprint density at radius 2 is 2.07 bits per heavy atom. The molecule has 1 fully saturated rings. The zero-order chi connectivity index (χ0) is 18.6. The van der Waals surface area contributed by atoms with Gasteiger partial charge in [0.05, 0.1) is 12.1 Å². The highest BCUT2D eigenvalue weighted by Crippen LogP contribution is 2.29. The van der Waals surface area contributed by atoms with Crippen molar-refractivity contribution in [2.24, 2.45) is 0 Å². The van der Waals surface area contributed by atoms with E-state index in [9.17, 15) is 4.79 Å². The molecular weight excluding hydrogens is 342 g/mol. The van der Waals surface area contributed by atoms with Crippen LogP contribution < -0.4 is 10.1 Å². The Balaban J connectivity index is 1.43. The monoisotopic (exact) mass is 367 g/mol. The molecule has 1 aromatic heterocycles. The average Bonchev–Trinajstić information content (AvgIpc) is 3.16. The van der Waals surface area contributed by atoms with Crippen molar-refractivity contribution in [3.63, 3.8) is 0 Å². The molecule has 4 rings (SSSR count). The first-order valence-corrected chi connectivity index (χ1v) is 9.52. The second-order valence-electron chi connectivity index (χ2n) is 6.97. The number of benzene rings is 1. The van der Waals surface area contributed by atoms with E-state index in [1.807, 2.05) is 29.2 Å². The highest BCUT2D eigenvalue weighted by Gasteiger charge is 2.29. The van der Waals surface area contributed by atoms with E-state index in [1.54, 1.807) is 6.08 Å². The predicted molar refractivity (Wildman–Crippen MR) is 102 cm³/mol. The van der Waals surface area contributed by atoms with Gasteiger partial charge in [0, 0.05) is 32.1 Å². The van der Waals surface area contributed by atoms with Crippen molar-refractivity contribution in [1.29, 1.82) is 0 Å². The normalized spacial score (nSPS) is 17.4. The second kappa shape index (κ2) is 7.92. The molecule has 0 radical (unpaired) electrons. The third-order valence-corrected chi connectivity index (χ3v) is 5.27. The fraction of sp³-hybridized carbons (Fsp3) is 0.450. The summed E-state index contributed by atoms with van der Waals surface area (Å²) in [7, 11) is 0. The van der Waals surface area contributed by atoms with Gasteiger partial charge in [0.2, 0.25) is 0 Å². The largest absolute Gasteiger partial charge is 0.489 e. The minimum absolute atomic E-state index is 0.0283. The first-order valence-electron chi connectivity index (χ1n) is 9.52. The fourth-order valence-electron chi connectivity index (χ4n) is 3.85. The van der Waals surface area contributed by atoms with E-state index in [-0.39, 0.29) is 5.91 Å². The second-order valence-corrected chi connectivity index (χ2v) is 6.97. The number of nitrogens with one attached hydrogen (secondary N) is 1. The summed E-state index contributed by atoms with van der Waals surface area (Å²) in [5.41, 5.74) is 0.615. The first-order chi connectivity index (χ1) is 13.3. The smallest absolute Gasteiger partial charge is 0.257 e. The lowest BCUT2D eigenvalue weighted by molar-refractivity contribution is 0.0706. The molecule has 2 aromatic rings. The molecule has 27 heavy (non-hydrogen) atoms. The highest BCUT2D eigenvalue weighted by atomic mass is 16.5. The number of fused-ring (bicyclic) bond motifs is 1. The van der Waals surface area contributed by atoms with Crippen molar-refractivity contribution in [1.82, 2.24) is 25.0 Å². The Labute approximate surface area is 159 Å². The number of piperidine rings is 1. The van der Waals surface area contributed by atoms with Gasteiger partial charge in [-0.1, -0.05) is 24.8 Å². The van der Waals surface area contributed by atoms with Crippen LogP contribution in [0.1, 0.15) is 40.8 Å². The van der Waals surface area contributed by atoms with Crippen LogP contribution in [0, 0.1) is 0 Å². The number of amides is 1. The molecule has 1 aromatic carbocycles. The van der Waals surface area contributed by atoms with Gasteiger partial charge in [0.25, 0.3) is 5.91 Å². The van der Waals surface area contributed by atoms with Crippen LogP contribution in [-0.4, -0.2) is 51.8 Å². The standard InChI is InChI=1S/C20H25N5O2/c1-2-13-27-17-6-4-3-5-16(17)20(26)24-10-7-15(8-11-24)19-23-22-18-14-21-9-12-25(18)19/h2-6,15,21H,1,7-14H2. The molecule has 1 N–H and O–H groups in total. The number of hydrogen-bond donors (Lipinski definition) is 1. The van der Waals surface area contributed by atoms with E-state index in [1.165, 1.54) is 0 Å². The topological polar surface area (TPSA) is 72.3 Å². The van der Waals surface area contributed by atoms with Crippen LogP contribution in [0.25, 0.3) is 0 Å². The van der Waals surface area contributed by atoms with Gasteiger partial charge in [-0.2, -0.15) is 0 Å². The maximum absolute atomic E-state index is 13.0. The fourth-order valence-corrected chi connectivity index (χ4v) is 3.85. The van der Waals surface area contributed by atoms with Gasteiger partial charge in [0.1, 0.15) is 24.0 Å². The maximum atomic E-state index is 13.0. The Morgan fingerprint density at radius 1 is 1.26 bits per heavy atom. The summed E-state index contributed by atoms with van der Waals surface area (Å²) < 4.78 is 7.89. The minimum Gasteiger partial charge on any atom is -0.489 e. The average molecular weight is 367 g/mol. The number of hydrogen-bond acceptors (Lipinski definition) is 5. The molecule has 7 nitrogen and oxygen atoms in total. The van der Waals surface area contributed by atoms with Crippen molar-refractivity contribution in [2.45, 2.75) is 31.8 Å². The number of rotatable bonds is 5. The lowest BCUT2D eigenvalue weighted by Crippen LogP contribution is -2.39. The van der Waals surface area contributed by atoms with E-state index < -0.39 is 0 Å². The molecule has 0 aliphatic carbocycles. The Kier molecular flexibility index (Phi) is 5.20. The Hall–Kier alpha value is -2.67. The molecular formula is C20H25N5O2. The molecule has 0 bridgehead atoms. The summed E-state index contributed by atoms with van der Waals surface area (Å²) in [6.45, 7) is 8.16. The zero-order valence-corrected chi connectivity index (χ0v) is 15.4. The number of carbonyl (C=O) groups excluding carboxylic acids is 1. The lowest BCUT2D eigenvalue weighted by Gasteiger charge is -2.32. The molecule has 0 atom stereocenters. The zero-order valence-electron chi connectivity index (χ0n) is 15.4. The van der Waals surface area contributed by atoms with Crippen molar-refractivity contribution < 1.29 is 9.53 Å². The minimum atomic E-state index is 0.0283. The molecule has 0 unspecified atom stereocenters. The Morgan fingerprint density at radius 3 is 2.89 bits per heavy atom. The quantitative estimate of drug-likeness (QED) is 0.818. The van der Waals surface area contributed by atoms with E-state index in [0.717, 1.165) is 57.2 Å². The summed E-state index contributed by atoms with van der Waals surface area (Å²) in [4.78, 5) is 14.9. The number of carbonyl (C=O) groups is 1. The van der Waals surface area contributed by atoms with Crippen molar-refractivity contribution >= 4 is 5.91 Å². The molecule has 1 amide bonds. The number of likely N-dealkylation sites (tertiary alicyclic amines) is 1. The number of para-hydroxylation sites is 1. The van der Waals surface area contributed by atoms with Crippen LogP contribution in [0.4, 0.5) is 0 Å². The van der Waals surface area contributed by atoms with Gasteiger partial charge in [-0.25, -0.2) is 0 Å². The molecule has 2 aliphatic heterocycles. The summed E-state index contributed by atoms with van der Waals surface area (Å²) in [5.74, 6) is 3.10. The van der Waals surface area contributed by atoms with E-state index >= 15 is 0 Å². The third-order valence-electron chi connectivity index (χ3n) is 5.27. The summed E-state index contributed by atoms with van der Waals surface area (Å²) in [5, 5.41) is 12.1. The summed E-state index contributed by atoms with van der Waals surface area (Å²) in [6.07, 6.45) is 3.50. The predicted octanol–water partition coefficient (Wildman–Crippen LogP) is 1.97. The number of aromatic nitrogens is 3. The third kappa shape index (κ3) is 3.60. The van der Waals surface area contributed by atoms with Crippen molar-refractivity contribution in [3.8, 4) is 5.75 Å². The molecule has 2 aliphatic rings. The highest BCUT2D eigenvalue weighted by molar-refractivity contribution is 5.97. The SMILES string of the molecule is C=CCOc1ccccc1C(=O)N1CCC(c2nnc3n2CCNC3)CC1. The van der Waals surface area contributed by atoms with Gasteiger partial charge in [-0.05, 0) is 25.0 Å². The van der Waals surface area contributed by atoms with E-state index in [0.29, 0.717) is 23.8 Å². The molecule has 0 saturated carbocycles. The van der Waals surface area contributed by atoms with Crippen molar-refractivity contribution in [3.05, 3.63) is 54.1 Å². The van der Waals surface area contributed by atoms with Gasteiger partial charge >= 0.3 is 0 Å². The van der Waals surface area contributed by atoms with Crippen LogP contribution >= 0.6 is 0 Å². The van der Waals surface area contributed by atoms with Gasteiger partial charge in [-0.15, -0.1) is 10.2 Å². The van der Waals surface area contributed by atoms with Crippen LogP contribution in [0.3, 0.4) is 0 Å². The summed E-state index contributed by atoms with van der Waals surface area (Å²) >= 11 is 0. The maximum Gasteiger partial charge on any atom is 0.257 e. The summed E-state index contributed by atoms with van der Waals surface area (Å²) in [6, 6.07) is 7.41. The molecule has 0 spiro atoms. The number of nitrogens with zero attached hydrogens (tertiary/aromatic N) is 4. The number of ether oxygens (including phenoxy) is 1. The van der Waals surface area contributed by atoms with Crippen LogP contribution in [-0.2, 0) is 13.1 Å². The molecule has 3 heterocycles. The van der Waals surface area contributed by atoms with Gasteiger partial charge in [0.15, 0.2) is 0 Å². The van der Waals surface area contributed by atoms with E-state index in [4.69, 9.17) is 4.74 Å². The molecule has 7 heteroatoms. The van der Waals surface area contributed by atoms with Crippen LogP contribution in [0.15, 0.2) is 36.9 Å². The van der Waals surface area contributed by atoms with Gasteiger partial charge < -0.3 is 19.5 Å². The van der Waals surface area contributed by atoms with Gasteiger partial charge in [-0.3, -0.25) is 4.79 Å². The van der Waals surface area contributed by atoms with E-state index in [2.05, 4.69) is 26.7 Å². The van der Waals surface area contributed by atoms with Crippen LogP contribution in [0.5, 0.6) is 5.75 Å².